The monoisotopic (exact) mass is 294 g/mol. The van der Waals surface area contributed by atoms with Gasteiger partial charge in [0.25, 0.3) is 0 Å². The molecule has 0 saturated carbocycles. The first kappa shape index (κ1) is 11.2. The highest BCUT2D eigenvalue weighted by Crippen LogP contribution is 2.25. The van der Waals surface area contributed by atoms with Crippen molar-refractivity contribution >= 4 is 21.6 Å². The van der Waals surface area contributed by atoms with Gasteiger partial charge in [-0.1, -0.05) is 0 Å². The Labute approximate surface area is 109 Å². The zero-order valence-corrected chi connectivity index (χ0v) is 11.4. The van der Waals surface area contributed by atoms with Crippen LogP contribution in [-0.4, -0.2) is 39.6 Å². The fourth-order valence-electron chi connectivity index (χ4n) is 2.31. The molecule has 2 aromatic heterocycles. The lowest BCUT2D eigenvalue weighted by Crippen LogP contribution is -2.29. The van der Waals surface area contributed by atoms with Crippen LogP contribution in [0.4, 0.5) is 0 Å². The van der Waals surface area contributed by atoms with Gasteiger partial charge in [0.2, 0.25) is 0 Å². The summed E-state index contributed by atoms with van der Waals surface area (Å²) in [7, 11) is 2.17. The lowest BCUT2D eigenvalue weighted by Gasteiger charge is -2.26. The summed E-state index contributed by atoms with van der Waals surface area (Å²) in [4.78, 5) is 6.98. The van der Waals surface area contributed by atoms with E-state index in [2.05, 4.69) is 38.0 Å². The van der Waals surface area contributed by atoms with Crippen LogP contribution in [-0.2, 0) is 0 Å². The molecule has 90 valence electrons. The van der Waals surface area contributed by atoms with Crippen molar-refractivity contribution in [1.82, 2.24) is 19.5 Å². The minimum Gasteiger partial charge on any atom is -0.306 e. The van der Waals surface area contributed by atoms with Crippen LogP contribution in [0.1, 0.15) is 24.6 Å². The van der Waals surface area contributed by atoms with E-state index in [9.17, 15) is 0 Å². The number of hydrogen-bond donors (Lipinski definition) is 0. The molecule has 3 heterocycles. The van der Waals surface area contributed by atoms with Crippen molar-refractivity contribution in [3.05, 3.63) is 28.6 Å². The first-order valence-corrected chi connectivity index (χ1v) is 6.72. The van der Waals surface area contributed by atoms with Crippen LogP contribution >= 0.6 is 15.9 Å². The topological polar surface area (TPSA) is 33.4 Å². The molecule has 3 rings (SSSR count). The Hall–Kier alpha value is -0.940. The molecule has 0 radical (unpaired) electrons. The van der Waals surface area contributed by atoms with E-state index in [0.29, 0.717) is 5.92 Å². The molecule has 0 bridgehead atoms. The molecule has 0 aliphatic carbocycles. The van der Waals surface area contributed by atoms with Crippen LogP contribution in [0.3, 0.4) is 0 Å². The number of hydrogen-bond acceptors (Lipinski definition) is 3. The van der Waals surface area contributed by atoms with Gasteiger partial charge in [0.05, 0.1) is 0 Å². The summed E-state index contributed by atoms with van der Waals surface area (Å²) in [5.74, 6) is 1.51. The van der Waals surface area contributed by atoms with E-state index in [1.54, 1.807) is 0 Å². The maximum atomic E-state index is 4.62. The average molecular weight is 295 g/mol. The average Bonchev–Trinajstić information content (AvgIpc) is 2.72. The Kier molecular flexibility index (Phi) is 2.88. The lowest BCUT2D eigenvalue weighted by molar-refractivity contribution is 0.251. The maximum Gasteiger partial charge on any atom is 0.155 e. The lowest BCUT2D eigenvalue weighted by atomic mass is 9.97. The van der Waals surface area contributed by atoms with Gasteiger partial charge in [-0.05, 0) is 61.0 Å². The molecule has 1 fully saturated rings. The SMILES string of the molecule is CN1CCC(c2nc3ccc(Br)cn3n2)CC1. The van der Waals surface area contributed by atoms with E-state index in [1.165, 1.54) is 0 Å². The van der Waals surface area contributed by atoms with Crippen LogP contribution in [0.25, 0.3) is 5.65 Å². The van der Waals surface area contributed by atoms with E-state index in [4.69, 9.17) is 0 Å². The molecule has 0 spiro atoms. The number of fused-ring (bicyclic) bond motifs is 1. The number of aromatic nitrogens is 3. The van der Waals surface area contributed by atoms with Crippen molar-refractivity contribution in [3.63, 3.8) is 0 Å². The first-order valence-electron chi connectivity index (χ1n) is 5.93. The van der Waals surface area contributed by atoms with Gasteiger partial charge in [-0.15, -0.1) is 0 Å². The summed E-state index contributed by atoms with van der Waals surface area (Å²) < 4.78 is 2.89. The minimum atomic E-state index is 0.518. The van der Waals surface area contributed by atoms with Crippen molar-refractivity contribution in [2.75, 3.05) is 20.1 Å². The van der Waals surface area contributed by atoms with Gasteiger partial charge < -0.3 is 4.90 Å². The van der Waals surface area contributed by atoms with Crippen LogP contribution in [0, 0.1) is 0 Å². The molecule has 0 aromatic carbocycles. The molecule has 0 amide bonds. The first-order chi connectivity index (χ1) is 8.22. The fraction of sp³-hybridized carbons (Fsp3) is 0.500. The molecule has 2 aromatic rings. The highest BCUT2D eigenvalue weighted by molar-refractivity contribution is 9.10. The number of rotatable bonds is 1. The van der Waals surface area contributed by atoms with Gasteiger partial charge >= 0.3 is 0 Å². The highest BCUT2D eigenvalue weighted by atomic mass is 79.9. The molecular weight excluding hydrogens is 280 g/mol. The van der Waals surface area contributed by atoms with Gasteiger partial charge in [-0.3, -0.25) is 0 Å². The molecule has 0 atom stereocenters. The minimum absolute atomic E-state index is 0.518. The van der Waals surface area contributed by atoms with Gasteiger partial charge in [-0.25, -0.2) is 9.50 Å². The summed E-state index contributed by atoms with van der Waals surface area (Å²) in [6, 6.07) is 4.00. The van der Waals surface area contributed by atoms with Crippen LogP contribution in [0.2, 0.25) is 0 Å². The van der Waals surface area contributed by atoms with Gasteiger partial charge in [-0.2, -0.15) is 5.10 Å². The number of halogens is 1. The highest BCUT2D eigenvalue weighted by Gasteiger charge is 2.22. The van der Waals surface area contributed by atoms with E-state index in [-0.39, 0.29) is 0 Å². The third kappa shape index (κ3) is 2.21. The van der Waals surface area contributed by atoms with Crippen LogP contribution in [0.5, 0.6) is 0 Å². The zero-order valence-electron chi connectivity index (χ0n) is 9.80. The Bertz CT molecular complexity index is 528. The molecule has 1 aliphatic heterocycles. The van der Waals surface area contributed by atoms with Crippen molar-refractivity contribution in [2.45, 2.75) is 18.8 Å². The molecule has 17 heavy (non-hydrogen) atoms. The molecule has 4 nitrogen and oxygen atoms in total. The summed E-state index contributed by atoms with van der Waals surface area (Å²) in [5.41, 5.74) is 0.933. The molecular formula is C12H15BrN4. The number of likely N-dealkylation sites (tertiary alicyclic amines) is 1. The van der Waals surface area contributed by atoms with Gasteiger partial charge in [0.15, 0.2) is 11.5 Å². The predicted molar refractivity (Wildman–Crippen MR) is 70.2 cm³/mol. The molecule has 0 N–H and O–H groups in total. The molecule has 1 aliphatic rings. The van der Waals surface area contributed by atoms with Crippen molar-refractivity contribution in [2.24, 2.45) is 0 Å². The van der Waals surface area contributed by atoms with Crippen molar-refractivity contribution in [3.8, 4) is 0 Å². The van der Waals surface area contributed by atoms with Crippen LogP contribution < -0.4 is 0 Å². The van der Waals surface area contributed by atoms with E-state index in [1.807, 2.05) is 22.8 Å². The normalized spacial score (nSPS) is 18.9. The summed E-state index contributed by atoms with van der Waals surface area (Å²) >= 11 is 3.45. The molecule has 0 unspecified atom stereocenters. The van der Waals surface area contributed by atoms with Crippen molar-refractivity contribution < 1.29 is 0 Å². The Morgan fingerprint density at radius 2 is 2.06 bits per heavy atom. The second-order valence-corrected chi connectivity index (χ2v) is 5.61. The second kappa shape index (κ2) is 4.38. The van der Waals surface area contributed by atoms with E-state index >= 15 is 0 Å². The third-order valence-electron chi connectivity index (χ3n) is 3.39. The summed E-state index contributed by atoms with van der Waals surface area (Å²) in [6.45, 7) is 2.29. The Balaban J connectivity index is 1.90. The Morgan fingerprint density at radius 3 is 2.82 bits per heavy atom. The van der Waals surface area contributed by atoms with Gasteiger partial charge in [0, 0.05) is 16.6 Å². The molecule has 5 heteroatoms. The third-order valence-corrected chi connectivity index (χ3v) is 3.86. The zero-order chi connectivity index (χ0) is 11.8. The number of pyridine rings is 1. The largest absolute Gasteiger partial charge is 0.306 e. The van der Waals surface area contributed by atoms with Gasteiger partial charge in [0.1, 0.15) is 0 Å². The van der Waals surface area contributed by atoms with E-state index in [0.717, 1.165) is 41.9 Å². The standard InChI is InChI=1S/C12H15BrN4/c1-16-6-4-9(5-7-16)12-14-11-3-2-10(13)8-17(11)15-12/h2-3,8-9H,4-7H2,1H3. The number of nitrogens with zero attached hydrogens (tertiary/aromatic N) is 4. The summed E-state index contributed by atoms with van der Waals surface area (Å²) in [6.07, 6.45) is 4.28. The predicted octanol–water partition coefficient (Wildman–Crippen LogP) is 2.30. The van der Waals surface area contributed by atoms with Crippen LogP contribution in [0.15, 0.2) is 22.8 Å². The fourth-order valence-corrected chi connectivity index (χ4v) is 2.64. The molecule has 1 saturated heterocycles. The van der Waals surface area contributed by atoms with E-state index < -0.39 is 0 Å². The Morgan fingerprint density at radius 1 is 1.29 bits per heavy atom. The summed E-state index contributed by atoms with van der Waals surface area (Å²) in [5, 5.41) is 4.58. The smallest absolute Gasteiger partial charge is 0.155 e. The quantitative estimate of drug-likeness (QED) is 0.809. The second-order valence-electron chi connectivity index (χ2n) is 4.70. The van der Waals surface area contributed by atoms with Crippen molar-refractivity contribution in [1.29, 1.82) is 0 Å². The number of piperidine rings is 1. The maximum absolute atomic E-state index is 4.62.